The standard InChI is InChI=1S/C12H25N3O2S/c1-2-6-11(12(13)14)15-18(16,17)9-10-7-4-3-5-8-10/h10-11,15H,2-9H2,1H3,(H3,13,14). The van der Waals surface area contributed by atoms with Crippen molar-refractivity contribution in [2.75, 3.05) is 5.75 Å². The zero-order valence-electron chi connectivity index (χ0n) is 11.1. The van der Waals surface area contributed by atoms with Gasteiger partial charge in [0.2, 0.25) is 10.0 Å². The van der Waals surface area contributed by atoms with Gasteiger partial charge in [0, 0.05) is 0 Å². The Morgan fingerprint density at radius 1 is 1.39 bits per heavy atom. The Morgan fingerprint density at radius 2 is 2.00 bits per heavy atom. The highest BCUT2D eigenvalue weighted by Crippen LogP contribution is 2.24. The van der Waals surface area contributed by atoms with E-state index in [0.717, 1.165) is 32.1 Å². The van der Waals surface area contributed by atoms with Crippen LogP contribution in [0.25, 0.3) is 0 Å². The second-order valence-electron chi connectivity index (χ2n) is 5.20. The molecule has 1 fully saturated rings. The van der Waals surface area contributed by atoms with Gasteiger partial charge in [-0.15, -0.1) is 0 Å². The van der Waals surface area contributed by atoms with Crippen LogP contribution in [0.3, 0.4) is 0 Å². The van der Waals surface area contributed by atoms with Crippen molar-refractivity contribution in [3.8, 4) is 0 Å². The van der Waals surface area contributed by atoms with Gasteiger partial charge in [0.15, 0.2) is 0 Å². The second kappa shape index (κ2) is 7.09. The van der Waals surface area contributed by atoms with Crippen molar-refractivity contribution >= 4 is 15.9 Å². The maximum atomic E-state index is 12.0. The van der Waals surface area contributed by atoms with Crippen molar-refractivity contribution in [2.45, 2.75) is 57.9 Å². The molecule has 0 saturated heterocycles. The van der Waals surface area contributed by atoms with Crippen LogP contribution in [0.4, 0.5) is 0 Å². The van der Waals surface area contributed by atoms with Crippen LogP contribution in [0.2, 0.25) is 0 Å². The smallest absolute Gasteiger partial charge is 0.212 e. The van der Waals surface area contributed by atoms with E-state index in [2.05, 4.69) is 4.72 Å². The molecule has 0 spiro atoms. The number of hydrogen-bond donors (Lipinski definition) is 3. The normalized spacial score (nSPS) is 19.6. The number of amidine groups is 1. The maximum Gasteiger partial charge on any atom is 0.212 e. The van der Waals surface area contributed by atoms with Crippen LogP contribution in [0, 0.1) is 11.3 Å². The molecule has 5 nitrogen and oxygen atoms in total. The molecule has 1 rings (SSSR count). The van der Waals surface area contributed by atoms with E-state index in [9.17, 15) is 8.42 Å². The Bertz CT molecular complexity index is 362. The van der Waals surface area contributed by atoms with Crippen molar-refractivity contribution < 1.29 is 8.42 Å². The maximum absolute atomic E-state index is 12.0. The minimum Gasteiger partial charge on any atom is -0.386 e. The van der Waals surface area contributed by atoms with Crippen LogP contribution in [0.5, 0.6) is 0 Å². The van der Waals surface area contributed by atoms with Gasteiger partial charge < -0.3 is 5.73 Å². The first-order valence-corrected chi connectivity index (χ1v) is 8.43. The Kier molecular flexibility index (Phi) is 6.08. The van der Waals surface area contributed by atoms with E-state index in [1.807, 2.05) is 6.92 Å². The molecule has 0 aromatic rings. The van der Waals surface area contributed by atoms with Crippen LogP contribution >= 0.6 is 0 Å². The molecule has 0 aromatic carbocycles. The van der Waals surface area contributed by atoms with Gasteiger partial charge in [-0.3, -0.25) is 5.41 Å². The summed E-state index contributed by atoms with van der Waals surface area (Å²) in [6.45, 7) is 1.95. The lowest BCUT2D eigenvalue weighted by Crippen LogP contribution is -2.45. The monoisotopic (exact) mass is 275 g/mol. The van der Waals surface area contributed by atoms with E-state index in [1.54, 1.807) is 0 Å². The molecular weight excluding hydrogens is 250 g/mol. The third-order valence-electron chi connectivity index (χ3n) is 3.45. The van der Waals surface area contributed by atoms with Gasteiger partial charge in [0.1, 0.15) is 5.84 Å². The molecule has 0 radical (unpaired) electrons. The fraction of sp³-hybridized carbons (Fsp3) is 0.917. The van der Waals surface area contributed by atoms with E-state index in [-0.39, 0.29) is 17.5 Å². The lowest BCUT2D eigenvalue weighted by Gasteiger charge is -2.23. The van der Waals surface area contributed by atoms with Gasteiger partial charge in [0.25, 0.3) is 0 Å². The first-order valence-electron chi connectivity index (χ1n) is 6.78. The van der Waals surface area contributed by atoms with Crippen molar-refractivity contribution in [3.63, 3.8) is 0 Å². The van der Waals surface area contributed by atoms with Gasteiger partial charge in [-0.2, -0.15) is 0 Å². The lowest BCUT2D eigenvalue weighted by atomic mass is 9.91. The number of rotatable bonds is 7. The molecule has 0 heterocycles. The Hall–Kier alpha value is -0.620. The molecule has 1 unspecified atom stereocenters. The molecule has 1 saturated carbocycles. The average molecular weight is 275 g/mol. The molecule has 1 aliphatic carbocycles. The molecule has 0 aromatic heterocycles. The summed E-state index contributed by atoms with van der Waals surface area (Å²) in [5, 5.41) is 7.41. The molecule has 106 valence electrons. The molecule has 4 N–H and O–H groups in total. The van der Waals surface area contributed by atoms with Gasteiger partial charge in [-0.05, 0) is 25.2 Å². The van der Waals surface area contributed by atoms with Gasteiger partial charge in [-0.25, -0.2) is 13.1 Å². The minimum atomic E-state index is -3.32. The number of nitrogens with two attached hydrogens (primary N) is 1. The van der Waals surface area contributed by atoms with E-state index in [4.69, 9.17) is 11.1 Å². The van der Waals surface area contributed by atoms with Crippen LogP contribution in [0.15, 0.2) is 0 Å². The molecule has 1 atom stereocenters. The molecular formula is C12H25N3O2S. The number of nitrogens with one attached hydrogen (secondary N) is 2. The molecule has 0 aliphatic heterocycles. The number of sulfonamides is 1. The van der Waals surface area contributed by atoms with Crippen molar-refractivity contribution in [1.29, 1.82) is 5.41 Å². The Morgan fingerprint density at radius 3 is 2.50 bits per heavy atom. The summed E-state index contributed by atoms with van der Waals surface area (Å²) in [5.74, 6) is 0.357. The molecule has 0 bridgehead atoms. The summed E-state index contributed by atoms with van der Waals surface area (Å²) >= 11 is 0. The van der Waals surface area contributed by atoms with E-state index in [0.29, 0.717) is 6.42 Å². The van der Waals surface area contributed by atoms with E-state index in [1.165, 1.54) is 6.42 Å². The second-order valence-corrected chi connectivity index (χ2v) is 7.00. The van der Waals surface area contributed by atoms with Crippen LogP contribution in [0.1, 0.15) is 51.9 Å². The van der Waals surface area contributed by atoms with Gasteiger partial charge in [-0.1, -0.05) is 32.6 Å². The van der Waals surface area contributed by atoms with Crippen molar-refractivity contribution in [2.24, 2.45) is 11.7 Å². The zero-order valence-corrected chi connectivity index (χ0v) is 11.9. The largest absolute Gasteiger partial charge is 0.386 e. The van der Waals surface area contributed by atoms with Gasteiger partial charge in [0.05, 0.1) is 11.8 Å². The summed E-state index contributed by atoms with van der Waals surface area (Å²) < 4.78 is 26.6. The number of hydrogen-bond acceptors (Lipinski definition) is 3. The summed E-state index contributed by atoms with van der Waals surface area (Å²) in [6, 6.07) is -0.538. The van der Waals surface area contributed by atoms with Crippen LogP contribution in [-0.4, -0.2) is 26.0 Å². The third kappa shape index (κ3) is 5.35. The van der Waals surface area contributed by atoms with Crippen LogP contribution in [-0.2, 0) is 10.0 Å². The summed E-state index contributed by atoms with van der Waals surface area (Å²) in [5.41, 5.74) is 5.42. The summed E-state index contributed by atoms with van der Waals surface area (Å²) in [7, 11) is -3.32. The van der Waals surface area contributed by atoms with Crippen LogP contribution < -0.4 is 10.5 Å². The molecule has 0 amide bonds. The van der Waals surface area contributed by atoms with Crippen molar-refractivity contribution in [1.82, 2.24) is 4.72 Å². The molecule has 1 aliphatic rings. The quantitative estimate of drug-likeness (QED) is 0.486. The summed E-state index contributed by atoms with van der Waals surface area (Å²) in [4.78, 5) is 0. The molecule has 18 heavy (non-hydrogen) atoms. The summed E-state index contributed by atoms with van der Waals surface area (Å²) in [6.07, 6.45) is 6.86. The third-order valence-corrected chi connectivity index (χ3v) is 5.01. The fourth-order valence-corrected chi connectivity index (χ4v) is 4.22. The lowest BCUT2D eigenvalue weighted by molar-refractivity contribution is 0.383. The molecule has 6 heteroatoms. The average Bonchev–Trinajstić information content (AvgIpc) is 2.28. The SMILES string of the molecule is CCCC(NS(=O)(=O)CC1CCCCC1)C(=N)N. The Labute approximate surface area is 110 Å². The Balaban J connectivity index is 2.53. The zero-order chi connectivity index (χ0) is 13.6. The van der Waals surface area contributed by atoms with E-state index >= 15 is 0 Å². The van der Waals surface area contributed by atoms with E-state index < -0.39 is 16.1 Å². The minimum absolute atomic E-state index is 0.0935. The fourth-order valence-electron chi connectivity index (χ4n) is 2.50. The highest BCUT2D eigenvalue weighted by atomic mass is 32.2. The highest BCUT2D eigenvalue weighted by molar-refractivity contribution is 7.89. The highest BCUT2D eigenvalue weighted by Gasteiger charge is 2.24. The topological polar surface area (TPSA) is 96.0 Å². The predicted molar refractivity (Wildman–Crippen MR) is 74.1 cm³/mol. The van der Waals surface area contributed by atoms with Gasteiger partial charge >= 0.3 is 0 Å². The predicted octanol–water partition coefficient (Wildman–Crippen LogP) is 1.59. The first-order chi connectivity index (χ1) is 8.44. The van der Waals surface area contributed by atoms with Crippen molar-refractivity contribution in [3.05, 3.63) is 0 Å². The first kappa shape index (κ1) is 15.4.